The minimum absolute atomic E-state index is 0. The van der Waals surface area contributed by atoms with Crippen LogP contribution >= 0.6 is 24.0 Å². The highest BCUT2D eigenvalue weighted by molar-refractivity contribution is 14.0. The normalized spacial score (nSPS) is 17.1. The molecule has 132 valence electrons. The van der Waals surface area contributed by atoms with Crippen LogP contribution in [0, 0.1) is 0 Å². The highest BCUT2D eigenvalue weighted by Crippen LogP contribution is 2.02. The minimum Gasteiger partial charge on any atom is -0.356 e. The van der Waals surface area contributed by atoms with E-state index in [1.807, 2.05) is 7.05 Å². The van der Waals surface area contributed by atoms with Gasteiger partial charge in [0.15, 0.2) is 5.96 Å². The van der Waals surface area contributed by atoms with Crippen LogP contribution in [0.4, 0.5) is 0 Å². The van der Waals surface area contributed by atoms with Gasteiger partial charge in [-0.15, -0.1) is 24.0 Å². The van der Waals surface area contributed by atoms with Crippen LogP contribution < -0.4 is 10.6 Å². The third-order valence-corrected chi connectivity index (χ3v) is 4.15. The summed E-state index contributed by atoms with van der Waals surface area (Å²) >= 11 is 0. The molecule has 2 N–H and O–H groups in total. The third kappa shape index (κ3) is 9.84. The molecule has 0 saturated carbocycles. The van der Waals surface area contributed by atoms with Gasteiger partial charge >= 0.3 is 0 Å². The van der Waals surface area contributed by atoms with Crippen LogP contribution in [0.15, 0.2) is 4.99 Å². The lowest BCUT2D eigenvalue weighted by Gasteiger charge is -2.34. The van der Waals surface area contributed by atoms with Crippen molar-refractivity contribution in [2.24, 2.45) is 4.99 Å². The number of guanidine groups is 1. The number of unbranched alkanes of at least 4 members (excludes halogenated alkanes) is 2. The van der Waals surface area contributed by atoms with E-state index < -0.39 is 0 Å². The lowest BCUT2D eigenvalue weighted by atomic mass is 10.2. The molecule has 0 radical (unpaired) electrons. The molecule has 1 fully saturated rings. The van der Waals surface area contributed by atoms with Crippen molar-refractivity contribution in [2.45, 2.75) is 39.5 Å². The van der Waals surface area contributed by atoms with Gasteiger partial charge in [0.1, 0.15) is 0 Å². The molecule has 0 atom stereocenters. The Balaban J connectivity index is 0.00000441. The number of aliphatic imine (C=N–C) groups is 1. The molecule has 0 aromatic rings. The fraction of sp³-hybridized carbons (Fsp3) is 0.938. The van der Waals surface area contributed by atoms with Crippen LogP contribution in [0.2, 0.25) is 0 Å². The topological polar surface area (TPSA) is 42.9 Å². The van der Waals surface area contributed by atoms with Gasteiger partial charge < -0.3 is 20.4 Å². The van der Waals surface area contributed by atoms with Crippen LogP contribution in [-0.2, 0) is 0 Å². The Hall–Kier alpha value is -0.0800. The van der Waals surface area contributed by atoms with Crippen LogP contribution in [0.3, 0.4) is 0 Å². The number of nitrogens with one attached hydrogen (secondary N) is 2. The lowest BCUT2D eigenvalue weighted by molar-refractivity contribution is 0.136. The fourth-order valence-electron chi connectivity index (χ4n) is 2.60. The Kier molecular flexibility index (Phi) is 14.5. The van der Waals surface area contributed by atoms with Gasteiger partial charge in [0.05, 0.1) is 0 Å². The molecular formula is C16H36IN5. The molecule has 0 aromatic carbocycles. The molecule has 0 bridgehead atoms. The lowest BCUT2D eigenvalue weighted by Crippen LogP contribution is -2.46. The van der Waals surface area contributed by atoms with E-state index in [-0.39, 0.29) is 24.0 Å². The number of halogens is 1. The summed E-state index contributed by atoms with van der Waals surface area (Å²) in [6, 6.07) is 0. The maximum absolute atomic E-state index is 4.24. The number of hydrogen-bond donors (Lipinski definition) is 2. The molecule has 0 spiro atoms. The molecule has 0 aliphatic carbocycles. The largest absolute Gasteiger partial charge is 0.356 e. The first-order valence-electron chi connectivity index (χ1n) is 8.69. The Morgan fingerprint density at radius 3 is 2.05 bits per heavy atom. The number of nitrogens with zero attached hydrogens (tertiary/aromatic N) is 3. The fourth-order valence-corrected chi connectivity index (χ4v) is 2.60. The van der Waals surface area contributed by atoms with Crippen LogP contribution in [0.1, 0.15) is 39.5 Å². The smallest absolute Gasteiger partial charge is 0.190 e. The molecule has 6 heteroatoms. The van der Waals surface area contributed by atoms with Gasteiger partial charge in [-0.05, 0) is 32.4 Å². The summed E-state index contributed by atoms with van der Waals surface area (Å²) in [5, 5.41) is 6.74. The van der Waals surface area contributed by atoms with Gasteiger partial charge in [-0.3, -0.25) is 4.99 Å². The van der Waals surface area contributed by atoms with Crippen LogP contribution in [-0.4, -0.2) is 75.2 Å². The van der Waals surface area contributed by atoms with Gasteiger partial charge in [-0.2, -0.15) is 0 Å². The molecule has 1 aliphatic rings. The van der Waals surface area contributed by atoms with Gasteiger partial charge in [0, 0.05) is 46.3 Å². The van der Waals surface area contributed by atoms with Crippen molar-refractivity contribution in [3.63, 3.8) is 0 Å². The second-order valence-electron chi connectivity index (χ2n) is 5.76. The SMILES string of the molecule is CCCCNC(=NC)NCCCCN1CCN(CC)CC1.I. The van der Waals surface area contributed by atoms with E-state index in [1.165, 1.54) is 65.0 Å². The summed E-state index contributed by atoms with van der Waals surface area (Å²) < 4.78 is 0. The second-order valence-corrected chi connectivity index (χ2v) is 5.76. The first-order valence-corrected chi connectivity index (χ1v) is 8.69. The quantitative estimate of drug-likeness (QED) is 0.257. The van der Waals surface area contributed by atoms with Gasteiger partial charge in [0.2, 0.25) is 0 Å². The van der Waals surface area contributed by atoms with E-state index in [4.69, 9.17) is 0 Å². The van der Waals surface area contributed by atoms with Gasteiger partial charge in [-0.1, -0.05) is 20.3 Å². The monoisotopic (exact) mass is 425 g/mol. The van der Waals surface area contributed by atoms with Crippen LogP contribution in [0.5, 0.6) is 0 Å². The van der Waals surface area contributed by atoms with Crippen molar-refractivity contribution in [3.05, 3.63) is 0 Å². The molecule has 1 aliphatic heterocycles. The zero-order chi connectivity index (χ0) is 15.3. The van der Waals surface area contributed by atoms with E-state index in [2.05, 4.69) is 39.3 Å². The van der Waals surface area contributed by atoms with Crippen molar-refractivity contribution >= 4 is 29.9 Å². The Labute approximate surface area is 154 Å². The Morgan fingerprint density at radius 1 is 0.909 bits per heavy atom. The van der Waals surface area contributed by atoms with Gasteiger partial charge in [-0.25, -0.2) is 0 Å². The predicted octanol–water partition coefficient (Wildman–Crippen LogP) is 1.99. The second kappa shape index (κ2) is 14.5. The molecule has 0 amide bonds. The molecule has 0 unspecified atom stereocenters. The molecule has 5 nitrogen and oxygen atoms in total. The van der Waals surface area contributed by atoms with E-state index in [0.29, 0.717) is 0 Å². The van der Waals surface area contributed by atoms with Crippen molar-refractivity contribution in [2.75, 3.05) is 59.4 Å². The van der Waals surface area contributed by atoms with Crippen molar-refractivity contribution in [1.29, 1.82) is 0 Å². The molecular weight excluding hydrogens is 389 g/mol. The average molecular weight is 425 g/mol. The van der Waals surface area contributed by atoms with Crippen molar-refractivity contribution < 1.29 is 0 Å². The molecule has 1 heterocycles. The first kappa shape index (κ1) is 21.9. The molecule has 1 saturated heterocycles. The predicted molar refractivity (Wildman–Crippen MR) is 107 cm³/mol. The van der Waals surface area contributed by atoms with E-state index in [0.717, 1.165) is 19.0 Å². The van der Waals surface area contributed by atoms with Crippen molar-refractivity contribution in [3.8, 4) is 0 Å². The van der Waals surface area contributed by atoms with E-state index in [9.17, 15) is 0 Å². The number of rotatable bonds is 9. The standard InChI is InChI=1S/C16H35N5.HI/c1-4-6-9-18-16(17-3)19-10-7-8-11-21-14-12-20(5-2)13-15-21;/h4-15H2,1-3H3,(H2,17,18,19);1H. The third-order valence-electron chi connectivity index (χ3n) is 4.15. The number of piperazine rings is 1. The average Bonchev–Trinajstić information content (AvgIpc) is 2.53. The zero-order valence-corrected chi connectivity index (χ0v) is 17.1. The highest BCUT2D eigenvalue weighted by atomic mass is 127. The molecule has 22 heavy (non-hydrogen) atoms. The van der Waals surface area contributed by atoms with E-state index >= 15 is 0 Å². The van der Waals surface area contributed by atoms with E-state index in [1.54, 1.807) is 0 Å². The Morgan fingerprint density at radius 2 is 1.50 bits per heavy atom. The summed E-state index contributed by atoms with van der Waals surface area (Å²) in [6.45, 7) is 13.9. The molecule has 1 rings (SSSR count). The summed E-state index contributed by atoms with van der Waals surface area (Å²) in [4.78, 5) is 9.37. The number of likely N-dealkylation sites (N-methyl/N-ethyl adjacent to an activating group) is 1. The maximum atomic E-state index is 4.24. The summed E-state index contributed by atoms with van der Waals surface area (Å²) in [5.41, 5.74) is 0. The van der Waals surface area contributed by atoms with Crippen LogP contribution in [0.25, 0.3) is 0 Å². The zero-order valence-electron chi connectivity index (χ0n) is 14.7. The van der Waals surface area contributed by atoms with Gasteiger partial charge in [0.25, 0.3) is 0 Å². The highest BCUT2D eigenvalue weighted by Gasteiger charge is 2.14. The Bertz CT molecular complexity index is 278. The first-order chi connectivity index (χ1) is 10.3. The maximum Gasteiger partial charge on any atom is 0.190 e. The molecule has 0 aromatic heterocycles. The summed E-state index contributed by atoms with van der Waals surface area (Å²) in [6.07, 6.45) is 4.90. The minimum atomic E-state index is 0. The summed E-state index contributed by atoms with van der Waals surface area (Å²) in [7, 11) is 1.84. The van der Waals surface area contributed by atoms with Crippen molar-refractivity contribution in [1.82, 2.24) is 20.4 Å². The number of hydrogen-bond acceptors (Lipinski definition) is 3. The summed E-state index contributed by atoms with van der Waals surface area (Å²) in [5.74, 6) is 0.944.